The molecular weight excluding hydrogens is 450 g/mol. The van der Waals surface area contributed by atoms with Crippen LogP contribution in [0.15, 0.2) is 39.5 Å². The number of thiazole rings is 1. The van der Waals surface area contributed by atoms with E-state index in [2.05, 4.69) is 24.9 Å². The zero-order valence-corrected chi connectivity index (χ0v) is 19.7. The number of ether oxygens (including phenoxy) is 1. The second kappa shape index (κ2) is 9.65. The molecule has 3 heterocycles. The normalized spacial score (nSPS) is 21.0. The molecule has 2 aliphatic heterocycles. The number of anilines is 1. The number of amides is 1. The Balaban J connectivity index is 1.51. The number of carbonyl (C=O) groups excluding carboxylic acids is 1. The second-order valence-electron chi connectivity index (χ2n) is 7.93. The summed E-state index contributed by atoms with van der Waals surface area (Å²) in [4.78, 5) is 24.7. The molecule has 2 aliphatic rings. The predicted molar refractivity (Wildman–Crippen MR) is 123 cm³/mol. The fourth-order valence-corrected chi connectivity index (χ4v) is 5.58. The molecular formula is C21H27N5O4S2. The third-order valence-corrected chi connectivity index (χ3v) is 7.86. The van der Waals surface area contributed by atoms with Gasteiger partial charge in [0.25, 0.3) is 15.9 Å². The molecule has 0 aliphatic carbocycles. The van der Waals surface area contributed by atoms with E-state index < -0.39 is 16.1 Å². The third-order valence-electron chi connectivity index (χ3n) is 5.65. The van der Waals surface area contributed by atoms with Crippen molar-refractivity contribution in [1.29, 1.82) is 0 Å². The summed E-state index contributed by atoms with van der Waals surface area (Å²) < 4.78 is 32.7. The number of hydrogen-bond acceptors (Lipinski definition) is 8. The van der Waals surface area contributed by atoms with Crippen LogP contribution in [-0.2, 0) is 26.1 Å². The van der Waals surface area contributed by atoms with Gasteiger partial charge in [-0.15, -0.1) is 11.3 Å². The van der Waals surface area contributed by atoms with E-state index in [-0.39, 0.29) is 22.6 Å². The molecule has 0 saturated carbocycles. The number of amidine groups is 1. The Kier molecular flexibility index (Phi) is 6.89. The van der Waals surface area contributed by atoms with Crippen LogP contribution in [0, 0.1) is 5.92 Å². The second-order valence-corrected chi connectivity index (χ2v) is 10.4. The maximum Gasteiger partial charge on any atom is 0.263 e. The average molecular weight is 478 g/mol. The molecule has 2 N–H and O–H groups in total. The summed E-state index contributed by atoms with van der Waals surface area (Å²) in [6, 6.07) is 5.88. The molecule has 2 atom stereocenters. The molecule has 1 saturated heterocycles. The summed E-state index contributed by atoms with van der Waals surface area (Å²) in [5.41, 5.74) is 1.38. The molecule has 172 valence electrons. The topological polar surface area (TPSA) is 113 Å². The molecule has 9 nitrogen and oxygen atoms in total. The Labute approximate surface area is 192 Å². The maximum absolute atomic E-state index is 13.1. The zero-order valence-electron chi connectivity index (χ0n) is 18.1. The van der Waals surface area contributed by atoms with Crippen LogP contribution in [0.5, 0.6) is 0 Å². The summed E-state index contributed by atoms with van der Waals surface area (Å²) in [6.45, 7) is 7.78. The van der Waals surface area contributed by atoms with Gasteiger partial charge in [-0.05, 0) is 18.1 Å². The number of sulfonamides is 1. The molecule has 1 amide bonds. The number of rotatable bonds is 7. The van der Waals surface area contributed by atoms with Crippen LogP contribution < -0.4 is 10.0 Å². The first-order valence-electron chi connectivity index (χ1n) is 10.6. The lowest BCUT2D eigenvalue weighted by molar-refractivity contribution is -0.118. The van der Waals surface area contributed by atoms with E-state index in [1.165, 1.54) is 17.4 Å². The van der Waals surface area contributed by atoms with E-state index in [9.17, 15) is 13.2 Å². The molecule has 11 heteroatoms. The molecule has 32 heavy (non-hydrogen) atoms. The monoisotopic (exact) mass is 477 g/mol. The van der Waals surface area contributed by atoms with Gasteiger partial charge >= 0.3 is 0 Å². The third kappa shape index (κ3) is 5.01. The zero-order chi connectivity index (χ0) is 22.7. The highest BCUT2D eigenvalue weighted by atomic mass is 32.2. The van der Waals surface area contributed by atoms with Gasteiger partial charge in [0.05, 0.1) is 23.8 Å². The predicted octanol–water partition coefficient (Wildman–Crippen LogP) is 2.07. The van der Waals surface area contributed by atoms with Crippen molar-refractivity contribution in [1.82, 2.24) is 14.6 Å². The Bertz CT molecular complexity index is 1110. The van der Waals surface area contributed by atoms with Crippen molar-refractivity contribution in [2.75, 3.05) is 31.6 Å². The van der Waals surface area contributed by atoms with E-state index >= 15 is 0 Å². The minimum atomic E-state index is -3.66. The van der Waals surface area contributed by atoms with Gasteiger partial charge in [-0.2, -0.15) is 0 Å². The fraction of sp³-hybridized carbons (Fsp3) is 0.476. The number of nitrogens with one attached hydrogen (secondary N) is 2. The largest absolute Gasteiger partial charge is 0.379 e. The lowest BCUT2D eigenvalue weighted by atomic mass is 9.99. The molecule has 1 aromatic carbocycles. The Morgan fingerprint density at radius 2 is 2.09 bits per heavy atom. The number of aliphatic imine (C=N–C) groups is 1. The van der Waals surface area contributed by atoms with Crippen molar-refractivity contribution >= 4 is 38.2 Å². The minimum absolute atomic E-state index is 0.0902. The number of benzene rings is 1. The van der Waals surface area contributed by atoms with Crippen LogP contribution in [-0.4, -0.2) is 62.4 Å². The SMILES string of the molecule is CC[C@H](C)[C@H](N=C1NS(=O)(=O)c2ccccc21)C(=O)Nc1nc(CN2CCOCC2)cs1. The molecule has 0 unspecified atom stereocenters. The van der Waals surface area contributed by atoms with E-state index in [0.29, 0.717) is 23.7 Å². The quantitative estimate of drug-likeness (QED) is 0.631. The van der Waals surface area contributed by atoms with E-state index in [1.54, 1.807) is 18.2 Å². The van der Waals surface area contributed by atoms with Gasteiger partial charge in [-0.25, -0.2) is 13.4 Å². The number of nitrogens with zero attached hydrogens (tertiary/aromatic N) is 3. The van der Waals surface area contributed by atoms with Crippen LogP contribution >= 0.6 is 11.3 Å². The van der Waals surface area contributed by atoms with E-state index in [4.69, 9.17) is 4.74 Å². The Hall–Kier alpha value is -2.34. The first-order chi connectivity index (χ1) is 15.4. The van der Waals surface area contributed by atoms with Crippen LogP contribution in [0.4, 0.5) is 5.13 Å². The van der Waals surface area contributed by atoms with Crippen LogP contribution in [0.2, 0.25) is 0 Å². The Morgan fingerprint density at radius 1 is 1.34 bits per heavy atom. The minimum Gasteiger partial charge on any atom is -0.379 e. The van der Waals surface area contributed by atoms with Gasteiger partial charge in [0.1, 0.15) is 11.9 Å². The maximum atomic E-state index is 13.1. The highest BCUT2D eigenvalue weighted by Crippen LogP contribution is 2.25. The standard InChI is InChI=1S/C21H27N5O4S2/c1-3-14(2)18(23-19-16-6-4-5-7-17(16)32(28,29)25-19)20(27)24-21-22-15(13-31-21)12-26-8-10-30-11-9-26/h4-7,13-14,18H,3,8-12H2,1-2H3,(H,23,25)(H,22,24,27)/t14-,18-/m0/s1. The molecule has 4 rings (SSSR count). The van der Waals surface area contributed by atoms with Gasteiger partial charge in [-0.1, -0.05) is 32.4 Å². The number of carbonyl (C=O) groups is 1. The molecule has 0 bridgehead atoms. The first kappa shape index (κ1) is 22.8. The van der Waals surface area contributed by atoms with E-state index in [0.717, 1.165) is 32.0 Å². The van der Waals surface area contributed by atoms with Crippen molar-refractivity contribution in [3.05, 3.63) is 40.9 Å². The van der Waals surface area contributed by atoms with Crippen molar-refractivity contribution in [3.8, 4) is 0 Å². The summed E-state index contributed by atoms with van der Waals surface area (Å²) in [5.74, 6) is -0.191. The number of morpholine rings is 1. The average Bonchev–Trinajstić information content (AvgIpc) is 3.33. The lowest BCUT2D eigenvalue weighted by Gasteiger charge is -2.25. The van der Waals surface area contributed by atoms with Crippen molar-refractivity contribution in [3.63, 3.8) is 0 Å². The van der Waals surface area contributed by atoms with Gasteiger partial charge in [-0.3, -0.25) is 19.4 Å². The summed E-state index contributed by atoms with van der Waals surface area (Å²) in [7, 11) is -3.66. The van der Waals surface area contributed by atoms with Crippen molar-refractivity contribution in [2.45, 2.75) is 37.8 Å². The molecule has 0 spiro atoms. The molecule has 1 fully saturated rings. The lowest BCUT2D eigenvalue weighted by Crippen LogP contribution is -2.36. The van der Waals surface area contributed by atoms with Gasteiger partial charge in [0.2, 0.25) is 0 Å². The van der Waals surface area contributed by atoms with Crippen LogP contribution in [0.1, 0.15) is 31.5 Å². The Morgan fingerprint density at radius 3 is 2.84 bits per heavy atom. The van der Waals surface area contributed by atoms with Gasteiger partial charge in [0.15, 0.2) is 5.13 Å². The molecule has 2 aromatic rings. The molecule has 1 aromatic heterocycles. The van der Waals surface area contributed by atoms with Crippen molar-refractivity contribution < 1.29 is 17.9 Å². The smallest absolute Gasteiger partial charge is 0.263 e. The van der Waals surface area contributed by atoms with Crippen molar-refractivity contribution in [2.24, 2.45) is 10.9 Å². The first-order valence-corrected chi connectivity index (χ1v) is 13.0. The highest BCUT2D eigenvalue weighted by Gasteiger charge is 2.33. The van der Waals surface area contributed by atoms with E-state index in [1.807, 2.05) is 19.2 Å². The van der Waals surface area contributed by atoms with Crippen LogP contribution in [0.25, 0.3) is 0 Å². The fourth-order valence-electron chi connectivity index (χ4n) is 3.64. The van der Waals surface area contributed by atoms with Gasteiger partial charge in [0, 0.05) is 30.6 Å². The highest BCUT2D eigenvalue weighted by molar-refractivity contribution is 7.90. The number of hydrogen-bond donors (Lipinski definition) is 2. The number of fused-ring (bicyclic) bond motifs is 1. The molecule has 0 radical (unpaired) electrons. The van der Waals surface area contributed by atoms with Crippen LogP contribution in [0.3, 0.4) is 0 Å². The summed E-state index contributed by atoms with van der Waals surface area (Å²) in [6.07, 6.45) is 0.712. The summed E-state index contributed by atoms with van der Waals surface area (Å²) >= 11 is 1.37. The van der Waals surface area contributed by atoms with Gasteiger partial charge < -0.3 is 10.1 Å². The number of aromatic nitrogens is 1. The summed E-state index contributed by atoms with van der Waals surface area (Å²) in [5, 5.41) is 5.33.